The number of aromatic nitrogens is 2. The summed E-state index contributed by atoms with van der Waals surface area (Å²) in [5.74, 6) is -0.256. The second kappa shape index (κ2) is 5.38. The van der Waals surface area contributed by atoms with Gasteiger partial charge in [-0.1, -0.05) is 12.1 Å². The molecule has 1 aromatic carbocycles. The first-order chi connectivity index (χ1) is 9.06. The molecule has 0 saturated heterocycles. The summed E-state index contributed by atoms with van der Waals surface area (Å²) in [5, 5.41) is 13.6. The number of nitrogens with zero attached hydrogens (tertiary/aromatic N) is 3. The molecule has 0 bridgehead atoms. The Morgan fingerprint density at radius 3 is 2.68 bits per heavy atom. The Kier molecular flexibility index (Phi) is 3.65. The molecule has 1 N–H and O–H groups in total. The lowest BCUT2D eigenvalue weighted by Gasteiger charge is -2.13. The minimum Gasteiger partial charge on any atom is -0.348 e. The van der Waals surface area contributed by atoms with E-state index in [4.69, 9.17) is 0 Å². The summed E-state index contributed by atoms with van der Waals surface area (Å²) in [4.78, 5) is 17.8. The number of nitrogens with one attached hydrogen (secondary N) is 1. The molecule has 6 nitrogen and oxygen atoms in total. The molecule has 0 fully saturated rings. The molecule has 0 aliphatic rings. The van der Waals surface area contributed by atoms with Gasteiger partial charge in [-0.15, -0.1) is 0 Å². The minimum atomic E-state index is -0.520. The van der Waals surface area contributed by atoms with Crippen LogP contribution in [-0.4, -0.2) is 14.9 Å². The first-order valence-corrected chi connectivity index (χ1v) is 5.54. The van der Waals surface area contributed by atoms with Crippen LogP contribution in [0.5, 0.6) is 0 Å². The number of benzene rings is 1. The Labute approximate surface area is 108 Å². The molecular weight excluding hydrogens is 251 g/mol. The van der Waals surface area contributed by atoms with Crippen molar-refractivity contribution < 1.29 is 9.31 Å². The van der Waals surface area contributed by atoms with E-state index in [9.17, 15) is 14.5 Å². The summed E-state index contributed by atoms with van der Waals surface area (Å²) in [6.07, 6.45) is 2.10. The van der Waals surface area contributed by atoms with Gasteiger partial charge in [0.1, 0.15) is 0 Å². The predicted octanol–water partition coefficient (Wildman–Crippen LogP) is 2.70. The van der Waals surface area contributed by atoms with Gasteiger partial charge < -0.3 is 5.32 Å². The van der Waals surface area contributed by atoms with Gasteiger partial charge in [-0.05, 0) is 12.5 Å². The third-order valence-electron chi connectivity index (χ3n) is 2.55. The van der Waals surface area contributed by atoms with Gasteiger partial charge in [0, 0.05) is 12.1 Å². The van der Waals surface area contributed by atoms with Gasteiger partial charge in [-0.25, -0.2) is 14.4 Å². The summed E-state index contributed by atoms with van der Waals surface area (Å²) < 4.78 is 12.7. The Bertz CT molecular complexity index is 589. The van der Waals surface area contributed by atoms with Crippen LogP contribution in [0, 0.1) is 15.9 Å². The molecule has 19 heavy (non-hydrogen) atoms. The molecule has 0 saturated carbocycles. The fourth-order valence-electron chi connectivity index (χ4n) is 1.57. The van der Waals surface area contributed by atoms with E-state index in [1.54, 1.807) is 12.1 Å². The Hall–Kier alpha value is -2.57. The standard InChI is InChI=1S/C12H11FN4O2/c1-8(16-12-14-6-10(13)7-15-12)9-3-2-4-11(5-9)17(18)19/h2-8H,1H3,(H,14,15,16). The van der Waals surface area contributed by atoms with Crippen LogP contribution in [0.15, 0.2) is 36.7 Å². The second-order valence-corrected chi connectivity index (χ2v) is 3.94. The molecule has 2 aromatic rings. The number of rotatable bonds is 4. The molecule has 1 heterocycles. The normalized spacial score (nSPS) is 11.9. The number of nitro groups is 1. The van der Waals surface area contributed by atoms with E-state index in [0.717, 1.165) is 18.0 Å². The zero-order valence-electron chi connectivity index (χ0n) is 10.1. The van der Waals surface area contributed by atoms with Crippen molar-refractivity contribution in [3.05, 3.63) is 58.2 Å². The van der Waals surface area contributed by atoms with E-state index in [2.05, 4.69) is 15.3 Å². The van der Waals surface area contributed by atoms with Crippen molar-refractivity contribution >= 4 is 11.6 Å². The van der Waals surface area contributed by atoms with Crippen molar-refractivity contribution in [1.29, 1.82) is 0 Å². The molecule has 2 rings (SSSR count). The summed E-state index contributed by atoms with van der Waals surface area (Å²) >= 11 is 0. The molecule has 1 aromatic heterocycles. The Balaban J connectivity index is 2.15. The van der Waals surface area contributed by atoms with Gasteiger partial charge in [0.25, 0.3) is 5.69 Å². The second-order valence-electron chi connectivity index (χ2n) is 3.94. The third kappa shape index (κ3) is 3.21. The predicted molar refractivity (Wildman–Crippen MR) is 67.1 cm³/mol. The molecule has 0 aliphatic heterocycles. The zero-order valence-corrected chi connectivity index (χ0v) is 10.1. The van der Waals surface area contributed by atoms with Crippen LogP contribution in [0.3, 0.4) is 0 Å². The number of nitro benzene ring substituents is 1. The maximum atomic E-state index is 12.7. The number of hydrogen-bond acceptors (Lipinski definition) is 5. The van der Waals surface area contributed by atoms with Gasteiger partial charge in [-0.3, -0.25) is 10.1 Å². The van der Waals surface area contributed by atoms with Crippen LogP contribution in [0.1, 0.15) is 18.5 Å². The third-order valence-corrected chi connectivity index (χ3v) is 2.55. The van der Waals surface area contributed by atoms with Crippen molar-refractivity contribution in [2.24, 2.45) is 0 Å². The SMILES string of the molecule is CC(Nc1ncc(F)cn1)c1cccc([N+](=O)[O-])c1. The Morgan fingerprint density at radius 2 is 2.05 bits per heavy atom. The van der Waals surface area contributed by atoms with Crippen molar-refractivity contribution in [2.75, 3.05) is 5.32 Å². The highest BCUT2D eigenvalue weighted by atomic mass is 19.1. The maximum absolute atomic E-state index is 12.7. The van der Waals surface area contributed by atoms with Crippen molar-refractivity contribution in [2.45, 2.75) is 13.0 Å². The quantitative estimate of drug-likeness (QED) is 0.676. The molecular formula is C12H11FN4O2. The van der Waals surface area contributed by atoms with Crippen LogP contribution >= 0.6 is 0 Å². The number of anilines is 1. The van der Waals surface area contributed by atoms with E-state index in [1.165, 1.54) is 12.1 Å². The number of halogens is 1. The Morgan fingerprint density at radius 1 is 1.37 bits per heavy atom. The highest BCUT2D eigenvalue weighted by molar-refractivity contribution is 5.38. The fourth-order valence-corrected chi connectivity index (χ4v) is 1.57. The lowest BCUT2D eigenvalue weighted by atomic mass is 10.1. The van der Waals surface area contributed by atoms with Crippen LogP contribution in [0.25, 0.3) is 0 Å². The summed E-state index contributed by atoms with van der Waals surface area (Å²) in [6.45, 7) is 1.81. The molecule has 0 amide bonds. The van der Waals surface area contributed by atoms with Gasteiger partial charge in [0.05, 0.1) is 23.4 Å². The molecule has 7 heteroatoms. The first-order valence-electron chi connectivity index (χ1n) is 5.54. The summed E-state index contributed by atoms with van der Waals surface area (Å²) in [6, 6.07) is 6.03. The zero-order chi connectivity index (χ0) is 13.8. The molecule has 0 radical (unpaired) electrons. The molecule has 0 spiro atoms. The molecule has 98 valence electrons. The number of non-ortho nitro benzene ring substituents is 1. The highest BCUT2D eigenvalue weighted by Crippen LogP contribution is 2.21. The van der Waals surface area contributed by atoms with E-state index in [0.29, 0.717) is 0 Å². The van der Waals surface area contributed by atoms with Crippen LogP contribution in [0.4, 0.5) is 16.0 Å². The average Bonchev–Trinajstić information content (AvgIpc) is 2.41. The lowest BCUT2D eigenvalue weighted by Crippen LogP contribution is -2.09. The van der Waals surface area contributed by atoms with Crippen LogP contribution < -0.4 is 5.32 Å². The van der Waals surface area contributed by atoms with Crippen molar-refractivity contribution in [1.82, 2.24) is 9.97 Å². The van der Waals surface area contributed by atoms with E-state index in [1.807, 2.05) is 6.92 Å². The minimum absolute atomic E-state index is 0.0196. The maximum Gasteiger partial charge on any atom is 0.269 e. The molecule has 0 aliphatic carbocycles. The smallest absolute Gasteiger partial charge is 0.269 e. The number of hydrogen-bond donors (Lipinski definition) is 1. The van der Waals surface area contributed by atoms with E-state index >= 15 is 0 Å². The molecule has 1 atom stereocenters. The van der Waals surface area contributed by atoms with Gasteiger partial charge in [-0.2, -0.15) is 0 Å². The summed E-state index contributed by atoms with van der Waals surface area (Å²) in [7, 11) is 0. The first kappa shape index (κ1) is 12.9. The van der Waals surface area contributed by atoms with Crippen molar-refractivity contribution in [3.63, 3.8) is 0 Å². The largest absolute Gasteiger partial charge is 0.348 e. The van der Waals surface area contributed by atoms with Crippen LogP contribution in [0.2, 0.25) is 0 Å². The summed E-state index contributed by atoms with van der Waals surface area (Å²) in [5.41, 5.74) is 0.744. The lowest BCUT2D eigenvalue weighted by molar-refractivity contribution is -0.384. The molecule has 1 unspecified atom stereocenters. The van der Waals surface area contributed by atoms with Gasteiger partial charge in [0.2, 0.25) is 5.95 Å². The van der Waals surface area contributed by atoms with E-state index in [-0.39, 0.29) is 17.7 Å². The van der Waals surface area contributed by atoms with E-state index < -0.39 is 10.7 Å². The average molecular weight is 262 g/mol. The van der Waals surface area contributed by atoms with Gasteiger partial charge in [0.15, 0.2) is 5.82 Å². The highest BCUT2D eigenvalue weighted by Gasteiger charge is 2.11. The monoisotopic (exact) mass is 262 g/mol. The fraction of sp³-hybridized carbons (Fsp3) is 0.167. The van der Waals surface area contributed by atoms with Gasteiger partial charge >= 0.3 is 0 Å². The van der Waals surface area contributed by atoms with Crippen LogP contribution in [-0.2, 0) is 0 Å². The topological polar surface area (TPSA) is 81.0 Å². The van der Waals surface area contributed by atoms with Crippen molar-refractivity contribution in [3.8, 4) is 0 Å².